The van der Waals surface area contributed by atoms with Gasteiger partial charge in [0.1, 0.15) is 0 Å². The second kappa shape index (κ2) is 6.65. The van der Waals surface area contributed by atoms with Crippen molar-refractivity contribution in [3.8, 4) is 0 Å². The van der Waals surface area contributed by atoms with Gasteiger partial charge in [0.25, 0.3) is 5.91 Å². The molecule has 25 heavy (non-hydrogen) atoms. The summed E-state index contributed by atoms with van der Waals surface area (Å²) in [6.45, 7) is 5.88. The number of rotatable bonds is 3. The van der Waals surface area contributed by atoms with Gasteiger partial charge in [-0.05, 0) is 25.5 Å². The fraction of sp³-hybridized carbons (Fsp3) is 0.556. The van der Waals surface area contributed by atoms with Crippen molar-refractivity contribution < 1.29 is 13.9 Å². The summed E-state index contributed by atoms with van der Waals surface area (Å²) in [5.41, 5.74) is 2.30. The van der Waals surface area contributed by atoms with Crippen LogP contribution in [0.2, 0.25) is 0 Å². The molecule has 7 nitrogen and oxygen atoms in total. The van der Waals surface area contributed by atoms with Gasteiger partial charge in [-0.25, -0.2) is 0 Å². The summed E-state index contributed by atoms with van der Waals surface area (Å²) >= 11 is 0. The largest absolute Gasteiger partial charge is 0.459 e. The summed E-state index contributed by atoms with van der Waals surface area (Å²) in [4.78, 5) is 17.1. The number of aryl methyl sites for hydroxylation is 2. The van der Waals surface area contributed by atoms with Crippen LogP contribution in [0.5, 0.6) is 0 Å². The molecule has 2 fully saturated rings. The maximum atomic E-state index is 12.8. The molecule has 2 aromatic rings. The first-order valence-electron chi connectivity index (χ1n) is 8.79. The van der Waals surface area contributed by atoms with Gasteiger partial charge < -0.3 is 14.1 Å². The van der Waals surface area contributed by atoms with Gasteiger partial charge in [0.15, 0.2) is 5.76 Å². The lowest BCUT2D eigenvalue weighted by atomic mass is 9.98. The van der Waals surface area contributed by atoms with Crippen LogP contribution < -0.4 is 0 Å². The van der Waals surface area contributed by atoms with E-state index >= 15 is 0 Å². The van der Waals surface area contributed by atoms with Crippen molar-refractivity contribution in [1.29, 1.82) is 0 Å². The minimum atomic E-state index is -0.0392. The number of fused-ring (bicyclic) bond motifs is 1. The predicted molar refractivity (Wildman–Crippen MR) is 91.1 cm³/mol. The molecule has 2 aliphatic heterocycles. The van der Waals surface area contributed by atoms with Crippen molar-refractivity contribution >= 4 is 5.91 Å². The summed E-state index contributed by atoms with van der Waals surface area (Å²) < 4.78 is 13.1. The number of hydrogen-bond acceptors (Lipinski definition) is 5. The lowest BCUT2D eigenvalue weighted by Crippen LogP contribution is -2.61. The molecule has 2 atom stereocenters. The van der Waals surface area contributed by atoms with Crippen LogP contribution in [0.15, 0.2) is 29.0 Å². The first-order chi connectivity index (χ1) is 12.1. The van der Waals surface area contributed by atoms with Gasteiger partial charge in [0.2, 0.25) is 0 Å². The molecule has 0 aliphatic carbocycles. The number of furan rings is 1. The van der Waals surface area contributed by atoms with Gasteiger partial charge in [-0.2, -0.15) is 5.10 Å². The molecule has 0 spiro atoms. The number of piperidine rings is 1. The van der Waals surface area contributed by atoms with E-state index in [1.165, 1.54) is 5.56 Å². The average Bonchev–Trinajstić information content (AvgIpc) is 3.24. The van der Waals surface area contributed by atoms with E-state index in [4.69, 9.17) is 9.15 Å². The van der Waals surface area contributed by atoms with E-state index in [1.807, 2.05) is 23.6 Å². The molecule has 0 aromatic carbocycles. The number of ether oxygens (including phenoxy) is 1. The van der Waals surface area contributed by atoms with Crippen LogP contribution in [0.3, 0.4) is 0 Å². The van der Waals surface area contributed by atoms with E-state index < -0.39 is 0 Å². The number of carbonyl (C=O) groups is 1. The molecule has 0 radical (unpaired) electrons. The number of aromatic nitrogens is 2. The third kappa shape index (κ3) is 3.21. The van der Waals surface area contributed by atoms with Crippen molar-refractivity contribution in [3.63, 3.8) is 0 Å². The molecule has 134 valence electrons. The number of nitrogens with zero attached hydrogens (tertiary/aromatic N) is 4. The number of amides is 1. The normalized spacial score (nSPS) is 24.3. The summed E-state index contributed by atoms with van der Waals surface area (Å²) in [7, 11) is 1.95. The summed E-state index contributed by atoms with van der Waals surface area (Å²) in [6, 6.07) is 3.55. The molecule has 0 N–H and O–H groups in total. The average molecular weight is 344 g/mol. The second-order valence-corrected chi connectivity index (χ2v) is 6.89. The van der Waals surface area contributed by atoms with Crippen LogP contribution in [0, 0.1) is 6.92 Å². The molecule has 2 aromatic heterocycles. The Bertz CT molecular complexity index is 740. The summed E-state index contributed by atoms with van der Waals surface area (Å²) in [5, 5.41) is 4.42. The standard InChI is InChI=1S/C18H24N4O3/c1-13-14(10-20(2)19-13)11-21-6-5-16-15(12-21)22(7-9-25-16)18(23)17-4-3-8-24-17/h3-4,8,10,15-16H,5-7,9,11-12H2,1-2H3/t15-,16-/m1/s1. The predicted octanol–water partition coefficient (Wildman–Crippen LogP) is 1.44. The quantitative estimate of drug-likeness (QED) is 0.843. The third-order valence-electron chi connectivity index (χ3n) is 5.17. The fourth-order valence-electron chi connectivity index (χ4n) is 3.92. The van der Waals surface area contributed by atoms with Crippen molar-refractivity contribution in [2.45, 2.75) is 32.0 Å². The van der Waals surface area contributed by atoms with Crippen LogP contribution in [0.4, 0.5) is 0 Å². The summed E-state index contributed by atoms with van der Waals surface area (Å²) in [5.74, 6) is 0.364. The van der Waals surface area contributed by atoms with E-state index in [-0.39, 0.29) is 18.1 Å². The minimum Gasteiger partial charge on any atom is -0.459 e. The minimum absolute atomic E-state index is 0.0392. The van der Waals surface area contributed by atoms with E-state index in [1.54, 1.807) is 18.4 Å². The van der Waals surface area contributed by atoms with Crippen molar-refractivity contribution in [1.82, 2.24) is 19.6 Å². The number of hydrogen-bond donors (Lipinski definition) is 0. The third-order valence-corrected chi connectivity index (χ3v) is 5.17. The van der Waals surface area contributed by atoms with Crippen molar-refractivity contribution in [2.75, 3.05) is 26.2 Å². The zero-order chi connectivity index (χ0) is 17.4. The monoisotopic (exact) mass is 344 g/mol. The molecular formula is C18H24N4O3. The Morgan fingerprint density at radius 1 is 1.40 bits per heavy atom. The first-order valence-corrected chi connectivity index (χ1v) is 8.79. The van der Waals surface area contributed by atoms with E-state index in [0.717, 1.165) is 31.7 Å². The van der Waals surface area contributed by atoms with E-state index in [9.17, 15) is 4.79 Å². The maximum absolute atomic E-state index is 12.8. The van der Waals surface area contributed by atoms with Gasteiger partial charge in [-0.1, -0.05) is 0 Å². The number of likely N-dealkylation sites (tertiary alicyclic amines) is 1. The highest BCUT2D eigenvalue weighted by Gasteiger charge is 2.40. The Kier molecular flexibility index (Phi) is 4.35. The molecule has 1 amide bonds. The Labute approximate surface area is 147 Å². The zero-order valence-electron chi connectivity index (χ0n) is 14.7. The van der Waals surface area contributed by atoms with Crippen LogP contribution >= 0.6 is 0 Å². The second-order valence-electron chi connectivity index (χ2n) is 6.89. The lowest BCUT2D eigenvalue weighted by Gasteiger charge is -2.46. The Morgan fingerprint density at radius 3 is 3.00 bits per heavy atom. The molecule has 7 heteroatoms. The maximum Gasteiger partial charge on any atom is 0.290 e. The highest BCUT2D eigenvalue weighted by molar-refractivity contribution is 5.91. The Morgan fingerprint density at radius 2 is 2.28 bits per heavy atom. The molecule has 0 saturated carbocycles. The number of morpholine rings is 1. The Hall–Kier alpha value is -2.12. The molecule has 2 saturated heterocycles. The molecule has 0 bridgehead atoms. The van der Waals surface area contributed by atoms with Crippen LogP contribution in [-0.4, -0.2) is 63.9 Å². The highest BCUT2D eigenvalue weighted by atomic mass is 16.5. The smallest absolute Gasteiger partial charge is 0.290 e. The van der Waals surface area contributed by atoms with Crippen molar-refractivity contribution in [2.24, 2.45) is 7.05 Å². The van der Waals surface area contributed by atoms with Gasteiger partial charge in [-0.15, -0.1) is 0 Å². The van der Waals surface area contributed by atoms with Gasteiger partial charge in [0, 0.05) is 45.0 Å². The molecule has 4 heterocycles. The van der Waals surface area contributed by atoms with Crippen molar-refractivity contribution in [3.05, 3.63) is 41.6 Å². The van der Waals surface area contributed by atoms with Gasteiger partial charge >= 0.3 is 0 Å². The van der Waals surface area contributed by atoms with E-state index in [0.29, 0.717) is 18.9 Å². The van der Waals surface area contributed by atoms with Crippen LogP contribution in [0.1, 0.15) is 28.2 Å². The van der Waals surface area contributed by atoms with Gasteiger partial charge in [-0.3, -0.25) is 14.4 Å². The fourth-order valence-corrected chi connectivity index (χ4v) is 3.92. The topological polar surface area (TPSA) is 63.7 Å². The van der Waals surface area contributed by atoms with E-state index in [2.05, 4.69) is 16.2 Å². The molecule has 0 unspecified atom stereocenters. The molecule has 2 aliphatic rings. The SMILES string of the molecule is Cc1nn(C)cc1CN1CC[C@H]2OCCN(C(=O)c3ccco3)[C@@H]2C1. The molecule has 4 rings (SSSR count). The first kappa shape index (κ1) is 16.4. The highest BCUT2D eigenvalue weighted by Crippen LogP contribution is 2.26. The Balaban J connectivity index is 1.49. The van der Waals surface area contributed by atoms with Gasteiger partial charge in [0.05, 0.1) is 30.7 Å². The lowest BCUT2D eigenvalue weighted by molar-refractivity contribution is -0.0920. The number of carbonyl (C=O) groups excluding carboxylic acids is 1. The molecular weight excluding hydrogens is 320 g/mol. The zero-order valence-corrected chi connectivity index (χ0v) is 14.7. The van der Waals surface area contributed by atoms with Crippen LogP contribution in [-0.2, 0) is 18.3 Å². The van der Waals surface area contributed by atoms with Crippen LogP contribution in [0.25, 0.3) is 0 Å². The summed E-state index contributed by atoms with van der Waals surface area (Å²) in [6.07, 6.45) is 4.67.